The fourth-order valence-corrected chi connectivity index (χ4v) is 6.45. The maximum absolute atomic E-state index is 11.9. The first-order valence-corrected chi connectivity index (χ1v) is 15.1. The van der Waals surface area contributed by atoms with Crippen LogP contribution in [0.3, 0.4) is 0 Å². The minimum atomic E-state index is -3.21. The number of imidazole rings is 1. The Bertz CT molecular complexity index is 1570. The molecule has 200 valence electrons. The number of rotatable bonds is 8. The van der Waals surface area contributed by atoms with E-state index in [9.17, 15) is 18.3 Å². The minimum Gasteiger partial charge on any atom is -0.481 e. The number of benzene rings is 1. The molecule has 0 bridgehead atoms. The Kier molecular flexibility index (Phi) is 7.21. The summed E-state index contributed by atoms with van der Waals surface area (Å²) in [6.07, 6.45) is 2.82. The van der Waals surface area contributed by atoms with Crippen LogP contribution < -0.4 is 4.90 Å². The van der Waals surface area contributed by atoms with E-state index in [0.717, 1.165) is 22.1 Å². The van der Waals surface area contributed by atoms with Crippen LogP contribution in [0.25, 0.3) is 16.9 Å². The predicted octanol–water partition coefficient (Wildman–Crippen LogP) is 4.09. The van der Waals surface area contributed by atoms with E-state index < -0.39 is 16.0 Å². The largest absolute Gasteiger partial charge is 0.481 e. The molecule has 0 amide bonds. The van der Waals surface area contributed by atoms with Crippen LogP contribution >= 0.6 is 11.3 Å². The maximum atomic E-state index is 11.9. The molecule has 4 aromatic rings. The third-order valence-electron chi connectivity index (χ3n) is 6.90. The van der Waals surface area contributed by atoms with Gasteiger partial charge in [0.2, 0.25) is 10.0 Å². The highest BCUT2D eigenvalue weighted by atomic mass is 32.2. The van der Waals surface area contributed by atoms with Gasteiger partial charge in [-0.3, -0.25) is 4.79 Å². The van der Waals surface area contributed by atoms with Gasteiger partial charge in [-0.05, 0) is 31.9 Å². The van der Waals surface area contributed by atoms with Crippen molar-refractivity contribution in [3.05, 3.63) is 58.7 Å². The number of thiazole rings is 1. The van der Waals surface area contributed by atoms with Crippen molar-refractivity contribution in [2.45, 2.75) is 38.5 Å². The van der Waals surface area contributed by atoms with Crippen LogP contribution in [0, 0.1) is 6.92 Å². The lowest BCUT2D eigenvalue weighted by molar-refractivity contribution is -0.136. The number of anilines is 2. The number of aromatic nitrogens is 4. The van der Waals surface area contributed by atoms with Crippen molar-refractivity contribution in [1.82, 2.24) is 23.9 Å². The first-order chi connectivity index (χ1) is 18.1. The van der Waals surface area contributed by atoms with Crippen molar-refractivity contribution in [1.29, 1.82) is 0 Å². The molecule has 5 rings (SSSR count). The average molecular weight is 555 g/mol. The van der Waals surface area contributed by atoms with E-state index in [-0.39, 0.29) is 18.8 Å². The first-order valence-electron chi connectivity index (χ1n) is 12.4. The smallest absolute Gasteiger partial charge is 0.303 e. The van der Waals surface area contributed by atoms with Crippen LogP contribution in [-0.4, -0.2) is 69.8 Å². The number of hydrogen-bond acceptors (Lipinski definition) is 8. The summed E-state index contributed by atoms with van der Waals surface area (Å²) in [5, 5.41) is 17.0. The molecule has 0 saturated carbocycles. The summed E-state index contributed by atoms with van der Waals surface area (Å²) in [6.45, 7) is 2.97. The Balaban J connectivity index is 1.49. The number of aryl methyl sites for hydroxylation is 2. The highest BCUT2D eigenvalue weighted by Gasteiger charge is 2.28. The van der Waals surface area contributed by atoms with Gasteiger partial charge in [-0.2, -0.15) is 9.61 Å². The van der Waals surface area contributed by atoms with Gasteiger partial charge in [-0.15, -0.1) is 11.3 Å². The van der Waals surface area contributed by atoms with Gasteiger partial charge < -0.3 is 10.0 Å². The Morgan fingerprint density at radius 3 is 2.50 bits per heavy atom. The molecule has 0 radical (unpaired) electrons. The fraction of sp³-hybridized carbons (Fsp3) is 0.385. The summed E-state index contributed by atoms with van der Waals surface area (Å²) in [4.78, 5) is 22.9. The maximum Gasteiger partial charge on any atom is 0.303 e. The van der Waals surface area contributed by atoms with Gasteiger partial charge in [0.1, 0.15) is 0 Å². The summed E-state index contributed by atoms with van der Waals surface area (Å²) in [5.74, 6) is -0.0900. The number of nitrogens with zero attached hydrogens (tertiary/aromatic N) is 6. The van der Waals surface area contributed by atoms with E-state index in [0.29, 0.717) is 43.1 Å². The normalized spacial score (nSPS) is 15.2. The van der Waals surface area contributed by atoms with Gasteiger partial charge in [-0.1, -0.05) is 29.8 Å². The van der Waals surface area contributed by atoms with Crippen LogP contribution in [0.1, 0.15) is 42.1 Å². The Hall–Kier alpha value is -3.35. The molecule has 1 N–H and O–H groups in total. The summed E-state index contributed by atoms with van der Waals surface area (Å²) in [5.41, 5.74) is 5.19. The zero-order valence-corrected chi connectivity index (χ0v) is 23.2. The Morgan fingerprint density at radius 2 is 1.84 bits per heavy atom. The molecule has 1 saturated heterocycles. The number of carboxylic acid groups (broad SMARTS) is 1. The highest BCUT2D eigenvalue weighted by molar-refractivity contribution is 7.88. The topological polar surface area (TPSA) is 121 Å². The van der Waals surface area contributed by atoms with Crippen molar-refractivity contribution in [3.63, 3.8) is 0 Å². The predicted molar refractivity (Wildman–Crippen MR) is 148 cm³/mol. The van der Waals surface area contributed by atoms with E-state index in [1.165, 1.54) is 27.5 Å². The second-order valence-corrected chi connectivity index (χ2v) is 12.5. The number of carbonyl (C=O) groups is 1. The molecule has 1 aromatic carbocycles. The van der Waals surface area contributed by atoms with Gasteiger partial charge >= 0.3 is 5.97 Å². The third kappa shape index (κ3) is 5.42. The van der Waals surface area contributed by atoms with Crippen LogP contribution in [0.15, 0.2) is 41.8 Å². The molecule has 1 aliphatic rings. The molecule has 0 unspecified atom stereocenters. The van der Waals surface area contributed by atoms with Crippen molar-refractivity contribution in [3.8, 4) is 11.3 Å². The Morgan fingerprint density at radius 1 is 1.13 bits per heavy atom. The zero-order chi connectivity index (χ0) is 27.0. The van der Waals surface area contributed by atoms with E-state index >= 15 is 0 Å². The van der Waals surface area contributed by atoms with Crippen molar-refractivity contribution in [2.75, 3.05) is 31.3 Å². The van der Waals surface area contributed by atoms with E-state index in [1.54, 1.807) is 4.52 Å². The summed E-state index contributed by atoms with van der Waals surface area (Å²) < 4.78 is 27.1. The summed E-state index contributed by atoms with van der Waals surface area (Å²) in [7, 11) is -1.31. The van der Waals surface area contributed by atoms with Crippen LogP contribution in [0.4, 0.5) is 10.9 Å². The van der Waals surface area contributed by atoms with Crippen LogP contribution in [-0.2, 0) is 21.2 Å². The van der Waals surface area contributed by atoms with Crippen molar-refractivity contribution >= 4 is 43.9 Å². The molecule has 0 spiro atoms. The van der Waals surface area contributed by atoms with E-state index in [2.05, 4.69) is 12.1 Å². The van der Waals surface area contributed by atoms with Gasteiger partial charge in [0.05, 0.1) is 29.8 Å². The summed E-state index contributed by atoms with van der Waals surface area (Å²) >= 11 is 1.50. The molecule has 0 atom stereocenters. The molecule has 4 heterocycles. The molecule has 12 heteroatoms. The second kappa shape index (κ2) is 10.4. The van der Waals surface area contributed by atoms with Gasteiger partial charge in [0, 0.05) is 43.4 Å². The van der Waals surface area contributed by atoms with Crippen molar-refractivity contribution < 1.29 is 18.3 Å². The first kappa shape index (κ1) is 26.3. The lowest BCUT2D eigenvalue weighted by Gasteiger charge is -2.29. The van der Waals surface area contributed by atoms with Gasteiger partial charge in [0.15, 0.2) is 16.6 Å². The number of aliphatic carboxylic acids is 1. The molecular formula is C26H30N6O4S2. The minimum absolute atomic E-state index is 0.0476. The quantitative estimate of drug-likeness (QED) is 0.346. The lowest BCUT2D eigenvalue weighted by Crippen LogP contribution is -2.37. The standard InChI is InChI=1S/C26H30N6O4S2/c1-17-4-6-18(7-5-17)22-16-37-26(28-22)30(2)25-21(9-11-24(33)34)27-23-10-8-20(29-32(23)25)19-12-14-31(15-13-19)38(3,35)36/h4-8,10,16,19H,9,11-15H2,1-3H3,(H,33,34). The number of fused-ring (bicyclic) bond motifs is 1. The van der Waals surface area contributed by atoms with Crippen LogP contribution in [0.5, 0.6) is 0 Å². The second-order valence-electron chi connectivity index (χ2n) is 9.68. The highest BCUT2D eigenvalue weighted by Crippen LogP contribution is 2.35. The number of carboxylic acids is 1. The van der Waals surface area contributed by atoms with Crippen LogP contribution in [0.2, 0.25) is 0 Å². The zero-order valence-electron chi connectivity index (χ0n) is 21.5. The van der Waals surface area contributed by atoms with Gasteiger partial charge in [-0.25, -0.2) is 22.7 Å². The summed E-state index contributed by atoms with van der Waals surface area (Å²) in [6, 6.07) is 12.0. The fourth-order valence-electron chi connectivity index (χ4n) is 4.78. The number of piperidine rings is 1. The average Bonchev–Trinajstić information content (AvgIpc) is 3.52. The van der Waals surface area contributed by atoms with Gasteiger partial charge in [0.25, 0.3) is 0 Å². The SMILES string of the molecule is Cc1ccc(-c2csc(N(C)c3c(CCC(=O)O)nc4ccc(C5CCN(S(C)(=O)=O)CC5)nn34)n2)cc1. The molecule has 0 aliphatic carbocycles. The monoisotopic (exact) mass is 554 g/mol. The third-order valence-corrected chi connectivity index (χ3v) is 9.13. The van der Waals surface area contributed by atoms with E-state index in [4.69, 9.17) is 15.1 Å². The molecular weight excluding hydrogens is 524 g/mol. The molecule has 1 aliphatic heterocycles. The molecule has 38 heavy (non-hydrogen) atoms. The van der Waals surface area contributed by atoms with E-state index in [1.807, 2.05) is 48.5 Å². The molecule has 10 nitrogen and oxygen atoms in total. The number of sulfonamides is 1. The molecule has 3 aromatic heterocycles. The lowest BCUT2D eigenvalue weighted by atomic mass is 9.94. The Labute approximate surface area is 225 Å². The van der Waals surface area contributed by atoms with Crippen molar-refractivity contribution in [2.24, 2.45) is 0 Å². The number of hydrogen-bond donors (Lipinski definition) is 1. The molecule has 1 fully saturated rings.